The van der Waals surface area contributed by atoms with Gasteiger partial charge in [0.05, 0.1) is 5.60 Å². The van der Waals surface area contributed by atoms with E-state index in [9.17, 15) is 0 Å². The number of hydrogen-bond donors (Lipinski definition) is 1. The van der Waals surface area contributed by atoms with E-state index in [2.05, 4.69) is 49.3 Å². The Morgan fingerprint density at radius 3 is 2.90 bits per heavy atom. The zero-order chi connectivity index (χ0) is 14.6. The van der Waals surface area contributed by atoms with Gasteiger partial charge in [0.25, 0.3) is 0 Å². The van der Waals surface area contributed by atoms with Crippen LogP contribution in [0.5, 0.6) is 0 Å². The molecule has 0 spiro atoms. The molecule has 3 heteroatoms. The highest BCUT2D eigenvalue weighted by molar-refractivity contribution is 5.56. The monoisotopic (exact) mass is 276 g/mol. The van der Waals surface area contributed by atoms with Gasteiger partial charge in [0.15, 0.2) is 0 Å². The fourth-order valence-electron chi connectivity index (χ4n) is 2.90. The zero-order valence-electron chi connectivity index (χ0n) is 13.3. The molecule has 112 valence electrons. The second-order valence-corrected chi connectivity index (χ2v) is 6.28. The van der Waals surface area contributed by atoms with Gasteiger partial charge in [-0.25, -0.2) is 0 Å². The van der Waals surface area contributed by atoms with E-state index in [1.165, 1.54) is 36.2 Å². The standard InChI is InChI=1S/C17H28N2O/c1-5-20-17(2,3)13-18-12-14-8-9-16-15(11-14)7-6-10-19(16)4/h8-9,11,18H,5-7,10,12-13H2,1-4H3. The first-order valence-corrected chi connectivity index (χ1v) is 7.69. The molecule has 3 nitrogen and oxygen atoms in total. The van der Waals surface area contributed by atoms with Gasteiger partial charge in [-0.05, 0) is 50.8 Å². The second-order valence-electron chi connectivity index (χ2n) is 6.28. The van der Waals surface area contributed by atoms with E-state index in [1.54, 1.807) is 0 Å². The lowest BCUT2D eigenvalue weighted by atomic mass is 9.99. The number of rotatable bonds is 6. The third-order valence-electron chi connectivity index (χ3n) is 3.91. The van der Waals surface area contributed by atoms with Gasteiger partial charge in [0, 0.05) is 39.0 Å². The van der Waals surface area contributed by atoms with Crippen molar-refractivity contribution in [3.8, 4) is 0 Å². The summed E-state index contributed by atoms with van der Waals surface area (Å²) in [4.78, 5) is 2.36. The van der Waals surface area contributed by atoms with Crippen molar-refractivity contribution in [3.63, 3.8) is 0 Å². The number of ether oxygens (including phenoxy) is 1. The Labute approximate surface area is 123 Å². The smallest absolute Gasteiger partial charge is 0.0750 e. The van der Waals surface area contributed by atoms with Crippen LogP contribution in [0.4, 0.5) is 5.69 Å². The maximum absolute atomic E-state index is 5.70. The first-order chi connectivity index (χ1) is 9.52. The second kappa shape index (κ2) is 6.59. The van der Waals surface area contributed by atoms with Crippen molar-refractivity contribution in [2.24, 2.45) is 0 Å². The van der Waals surface area contributed by atoms with E-state index < -0.39 is 0 Å². The fourth-order valence-corrected chi connectivity index (χ4v) is 2.90. The Bertz CT molecular complexity index is 443. The van der Waals surface area contributed by atoms with Crippen molar-refractivity contribution in [2.45, 2.75) is 45.8 Å². The topological polar surface area (TPSA) is 24.5 Å². The summed E-state index contributed by atoms with van der Waals surface area (Å²) in [5, 5.41) is 3.51. The Morgan fingerprint density at radius 1 is 1.35 bits per heavy atom. The summed E-state index contributed by atoms with van der Waals surface area (Å²) in [5.74, 6) is 0. The van der Waals surface area contributed by atoms with Crippen LogP contribution in [0.1, 0.15) is 38.3 Å². The van der Waals surface area contributed by atoms with Crippen molar-refractivity contribution in [1.29, 1.82) is 0 Å². The van der Waals surface area contributed by atoms with Crippen molar-refractivity contribution in [2.75, 3.05) is 31.6 Å². The minimum atomic E-state index is -0.0941. The third-order valence-corrected chi connectivity index (χ3v) is 3.91. The lowest BCUT2D eigenvalue weighted by molar-refractivity contribution is -0.00897. The Kier molecular flexibility index (Phi) is 5.06. The van der Waals surface area contributed by atoms with Crippen molar-refractivity contribution in [3.05, 3.63) is 29.3 Å². The van der Waals surface area contributed by atoms with Crippen LogP contribution in [0, 0.1) is 0 Å². The molecule has 0 radical (unpaired) electrons. The van der Waals surface area contributed by atoms with E-state index in [-0.39, 0.29) is 5.60 Å². The minimum absolute atomic E-state index is 0.0941. The van der Waals surface area contributed by atoms with Crippen LogP contribution >= 0.6 is 0 Å². The normalized spacial score (nSPS) is 15.3. The molecule has 20 heavy (non-hydrogen) atoms. The van der Waals surface area contributed by atoms with Crippen molar-refractivity contribution < 1.29 is 4.74 Å². The summed E-state index contributed by atoms with van der Waals surface area (Å²) < 4.78 is 5.70. The van der Waals surface area contributed by atoms with Crippen LogP contribution in [0.25, 0.3) is 0 Å². The maximum Gasteiger partial charge on any atom is 0.0750 e. The molecule has 0 fully saturated rings. The third kappa shape index (κ3) is 3.97. The molecule has 0 saturated carbocycles. The highest BCUT2D eigenvalue weighted by Crippen LogP contribution is 2.26. The van der Waals surface area contributed by atoms with Crippen LogP contribution in [0.15, 0.2) is 18.2 Å². The molecule has 1 aromatic carbocycles. The molecule has 0 unspecified atom stereocenters. The number of fused-ring (bicyclic) bond motifs is 1. The van der Waals surface area contributed by atoms with Crippen molar-refractivity contribution >= 4 is 5.69 Å². The first kappa shape index (κ1) is 15.3. The van der Waals surface area contributed by atoms with Crippen LogP contribution in [0.3, 0.4) is 0 Å². The molecule has 1 aromatic rings. The Balaban J connectivity index is 1.91. The molecule has 1 heterocycles. The van der Waals surface area contributed by atoms with Crippen LogP contribution in [-0.2, 0) is 17.7 Å². The molecule has 1 aliphatic heterocycles. The molecule has 1 N–H and O–H groups in total. The average molecular weight is 276 g/mol. The van der Waals surface area contributed by atoms with E-state index in [4.69, 9.17) is 4.74 Å². The Hall–Kier alpha value is -1.06. The van der Waals surface area contributed by atoms with E-state index >= 15 is 0 Å². The number of nitrogens with one attached hydrogen (secondary N) is 1. The predicted octanol–water partition coefficient (Wildman–Crippen LogP) is 2.97. The minimum Gasteiger partial charge on any atom is -0.375 e. The summed E-state index contributed by atoms with van der Waals surface area (Å²) in [6, 6.07) is 6.85. The molecule has 2 rings (SSSR count). The lowest BCUT2D eigenvalue weighted by Gasteiger charge is -2.28. The molecule has 0 aromatic heterocycles. The first-order valence-electron chi connectivity index (χ1n) is 7.69. The number of benzene rings is 1. The summed E-state index contributed by atoms with van der Waals surface area (Å²) in [5.41, 5.74) is 4.16. The van der Waals surface area contributed by atoms with Gasteiger partial charge in [0.1, 0.15) is 0 Å². The number of hydrogen-bond acceptors (Lipinski definition) is 3. The molecule has 0 aliphatic carbocycles. The average Bonchev–Trinajstić information content (AvgIpc) is 2.38. The predicted molar refractivity (Wildman–Crippen MR) is 85.4 cm³/mol. The van der Waals surface area contributed by atoms with Gasteiger partial charge in [-0.1, -0.05) is 12.1 Å². The van der Waals surface area contributed by atoms with E-state index in [0.29, 0.717) is 0 Å². The van der Waals surface area contributed by atoms with Gasteiger partial charge < -0.3 is 15.0 Å². The summed E-state index contributed by atoms with van der Waals surface area (Å²) in [6.07, 6.45) is 2.47. The molecular formula is C17H28N2O. The lowest BCUT2D eigenvalue weighted by Crippen LogP contribution is -2.37. The van der Waals surface area contributed by atoms with Crippen LogP contribution in [-0.4, -0.2) is 32.3 Å². The zero-order valence-corrected chi connectivity index (χ0v) is 13.3. The maximum atomic E-state index is 5.70. The van der Waals surface area contributed by atoms with Gasteiger partial charge in [-0.3, -0.25) is 0 Å². The van der Waals surface area contributed by atoms with Crippen LogP contribution in [0.2, 0.25) is 0 Å². The summed E-state index contributed by atoms with van der Waals surface area (Å²) in [6.45, 7) is 10.0. The fraction of sp³-hybridized carbons (Fsp3) is 0.647. The number of aryl methyl sites for hydroxylation is 1. The van der Waals surface area contributed by atoms with Gasteiger partial charge in [-0.15, -0.1) is 0 Å². The highest BCUT2D eigenvalue weighted by Gasteiger charge is 2.17. The van der Waals surface area contributed by atoms with E-state index in [1.807, 2.05) is 6.92 Å². The highest BCUT2D eigenvalue weighted by atomic mass is 16.5. The molecule has 0 atom stereocenters. The molecule has 1 aliphatic rings. The van der Waals surface area contributed by atoms with Crippen LogP contribution < -0.4 is 10.2 Å². The number of nitrogens with zero attached hydrogens (tertiary/aromatic N) is 1. The van der Waals surface area contributed by atoms with E-state index in [0.717, 1.165) is 19.7 Å². The molecule has 0 saturated heterocycles. The molecular weight excluding hydrogens is 248 g/mol. The summed E-state index contributed by atoms with van der Waals surface area (Å²) >= 11 is 0. The summed E-state index contributed by atoms with van der Waals surface area (Å²) in [7, 11) is 2.18. The molecule has 0 amide bonds. The SMILES string of the molecule is CCOC(C)(C)CNCc1ccc2c(c1)CCCN2C. The largest absolute Gasteiger partial charge is 0.375 e. The van der Waals surface area contributed by atoms with Gasteiger partial charge in [-0.2, -0.15) is 0 Å². The Morgan fingerprint density at radius 2 is 2.15 bits per heavy atom. The molecule has 0 bridgehead atoms. The quantitative estimate of drug-likeness (QED) is 0.864. The number of anilines is 1. The van der Waals surface area contributed by atoms with Crippen molar-refractivity contribution in [1.82, 2.24) is 5.32 Å². The van der Waals surface area contributed by atoms with Gasteiger partial charge >= 0.3 is 0 Å². The van der Waals surface area contributed by atoms with Gasteiger partial charge in [0.2, 0.25) is 0 Å².